The van der Waals surface area contributed by atoms with E-state index in [0.717, 1.165) is 5.56 Å². The largest absolute Gasteiger partial charge is 0.496 e. The van der Waals surface area contributed by atoms with Crippen LogP contribution >= 0.6 is 11.6 Å². The summed E-state index contributed by atoms with van der Waals surface area (Å²) in [6, 6.07) is 7.01. The van der Waals surface area contributed by atoms with Crippen LogP contribution < -0.4 is 4.74 Å². The first-order valence-corrected chi connectivity index (χ1v) is 4.86. The van der Waals surface area contributed by atoms with Gasteiger partial charge in [-0.2, -0.15) is 10.5 Å². The van der Waals surface area contributed by atoms with Crippen LogP contribution in [0.4, 0.5) is 0 Å². The fourth-order valence-corrected chi connectivity index (χ4v) is 1.38. The molecule has 0 bridgehead atoms. The van der Waals surface area contributed by atoms with Crippen molar-refractivity contribution < 1.29 is 4.74 Å². The summed E-state index contributed by atoms with van der Waals surface area (Å²) in [7, 11) is 1.53. The molecule has 1 aromatic rings. The summed E-state index contributed by atoms with van der Waals surface area (Å²) in [5.41, 5.74) is 1.51. The number of nitrogens with zero attached hydrogens (tertiary/aromatic N) is 2. The third-order valence-corrected chi connectivity index (χ3v) is 2.46. The monoisotopic (exact) mass is 232 g/mol. The second-order valence-electron chi connectivity index (χ2n) is 3.12. The molecule has 0 aliphatic carbocycles. The van der Waals surface area contributed by atoms with Gasteiger partial charge in [-0.1, -0.05) is 11.6 Å². The zero-order chi connectivity index (χ0) is 12.1. The first-order valence-electron chi connectivity index (χ1n) is 4.48. The predicted octanol–water partition coefficient (Wildman–Crippen LogP) is 3.09. The lowest BCUT2D eigenvalue weighted by Gasteiger charge is -2.07. The molecule has 0 saturated carbocycles. The van der Waals surface area contributed by atoms with E-state index in [1.165, 1.54) is 13.2 Å². The molecule has 0 atom stereocenters. The SMILES string of the molecule is COc1cc(C)c(Cl)cc1C=C(C#N)C#N. The van der Waals surface area contributed by atoms with Crippen molar-refractivity contribution in [2.75, 3.05) is 7.11 Å². The lowest BCUT2D eigenvalue weighted by atomic mass is 10.1. The fraction of sp³-hybridized carbons (Fsp3) is 0.167. The number of allylic oxidation sites excluding steroid dienone is 1. The molecule has 0 saturated heterocycles. The van der Waals surface area contributed by atoms with Gasteiger partial charge in [-0.05, 0) is 30.7 Å². The number of benzene rings is 1. The van der Waals surface area contributed by atoms with Crippen LogP contribution in [0.2, 0.25) is 5.02 Å². The Bertz CT molecular complexity index is 505. The lowest BCUT2D eigenvalue weighted by Crippen LogP contribution is -1.89. The van der Waals surface area contributed by atoms with Crippen LogP contribution in [0.1, 0.15) is 11.1 Å². The Morgan fingerprint density at radius 3 is 2.50 bits per heavy atom. The second-order valence-corrected chi connectivity index (χ2v) is 3.53. The fourth-order valence-electron chi connectivity index (χ4n) is 1.21. The van der Waals surface area contributed by atoms with Gasteiger partial charge in [-0.3, -0.25) is 0 Å². The van der Waals surface area contributed by atoms with E-state index >= 15 is 0 Å². The van der Waals surface area contributed by atoms with Crippen molar-refractivity contribution in [2.24, 2.45) is 0 Å². The maximum atomic E-state index is 8.66. The van der Waals surface area contributed by atoms with E-state index < -0.39 is 0 Å². The summed E-state index contributed by atoms with van der Waals surface area (Å²) >= 11 is 5.96. The van der Waals surface area contributed by atoms with Crippen molar-refractivity contribution in [2.45, 2.75) is 6.92 Å². The number of rotatable bonds is 2. The quantitative estimate of drug-likeness (QED) is 0.737. The van der Waals surface area contributed by atoms with Gasteiger partial charge in [0.2, 0.25) is 0 Å². The molecule has 0 spiro atoms. The van der Waals surface area contributed by atoms with E-state index in [4.69, 9.17) is 26.9 Å². The highest BCUT2D eigenvalue weighted by Gasteiger charge is 2.06. The minimum atomic E-state index is 0.0122. The van der Waals surface area contributed by atoms with Crippen LogP contribution in [-0.2, 0) is 0 Å². The molecule has 3 nitrogen and oxygen atoms in total. The van der Waals surface area contributed by atoms with E-state index in [2.05, 4.69) is 0 Å². The Morgan fingerprint density at radius 1 is 1.38 bits per heavy atom. The van der Waals surface area contributed by atoms with Gasteiger partial charge < -0.3 is 4.74 Å². The molecular formula is C12H9ClN2O. The third kappa shape index (κ3) is 2.53. The van der Waals surface area contributed by atoms with Gasteiger partial charge >= 0.3 is 0 Å². The number of aryl methyl sites for hydroxylation is 1. The Morgan fingerprint density at radius 2 is 2.00 bits per heavy atom. The molecule has 0 unspecified atom stereocenters. The Kier molecular flexibility index (Phi) is 3.94. The average Bonchev–Trinajstić information content (AvgIpc) is 2.29. The van der Waals surface area contributed by atoms with Gasteiger partial charge in [0.05, 0.1) is 7.11 Å². The van der Waals surface area contributed by atoms with Crippen LogP contribution in [0, 0.1) is 29.6 Å². The van der Waals surface area contributed by atoms with Crippen LogP contribution in [0.5, 0.6) is 5.75 Å². The van der Waals surface area contributed by atoms with E-state index in [-0.39, 0.29) is 5.57 Å². The zero-order valence-electron chi connectivity index (χ0n) is 8.91. The standard InChI is InChI=1S/C12H9ClN2O/c1-8-3-12(16-2)10(5-11(8)13)4-9(6-14)7-15/h3-5H,1-2H3. The molecule has 0 fully saturated rings. The topological polar surface area (TPSA) is 56.8 Å². The molecule has 0 aliphatic heterocycles. The van der Waals surface area contributed by atoms with Crippen molar-refractivity contribution in [3.8, 4) is 17.9 Å². The molecular weight excluding hydrogens is 224 g/mol. The summed E-state index contributed by atoms with van der Waals surface area (Å²) in [6.07, 6.45) is 1.45. The highest BCUT2D eigenvalue weighted by Crippen LogP contribution is 2.28. The molecule has 0 N–H and O–H groups in total. The molecule has 0 heterocycles. The summed E-state index contributed by atoms with van der Waals surface area (Å²) in [5, 5.41) is 17.9. The minimum absolute atomic E-state index is 0.0122. The number of methoxy groups -OCH3 is 1. The lowest BCUT2D eigenvalue weighted by molar-refractivity contribution is 0.413. The van der Waals surface area contributed by atoms with Crippen LogP contribution in [0.15, 0.2) is 17.7 Å². The maximum Gasteiger partial charge on any atom is 0.130 e. The van der Waals surface area contributed by atoms with E-state index in [0.29, 0.717) is 16.3 Å². The molecule has 80 valence electrons. The first-order chi connectivity index (χ1) is 7.62. The number of ether oxygens (including phenoxy) is 1. The van der Waals surface area contributed by atoms with Gasteiger partial charge in [-0.25, -0.2) is 0 Å². The molecule has 0 amide bonds. The molecule has 4 heteroatoms. The van der Waals surface area contributed by atoms with Crippen molar-refractivity contribution >= 4 is 17.7 Å². The molecule has 1 rings (SSSR count). The third-order valence-electron chi connectivity index (χ3n) is 2.05. The van der Waals surface area contributed by atoms with Crippen LogP contribution in [0.25, 0.3) is 6.08 Å². The highest BCUT2D eigenvalue weighted by atomic mass is 35.5. The summed E-state index contributed by atoms with van der Waals surface area (Å²) < 4.78 is 5.15. The molecule has 0 aromatic heterocycles. The molecule has 16 heavy (non-hydrogen) atoms. The highest BCUT2D eigenvalue weighted by molar-refractivity contribution is 6.31. The van der Waals surface area contributed by atoms with E-state index in [1.54, 1.807) is 24.3 Å². The molecule has 0 radical (unpaired) electrons. The minimum Gasteiger partial charge on any atom is -0.496 e. The van der Waals surface area contributed by atoms with Crippen LogP contribution in [-0.4, -0.2) is 7.11 Å². The van der Waals surface area contributed by atoms with Gasteiger partial charge in [0.15, 0.2) is 0 Å². The number of hydrogen-bond donors (Lipinski definition) is 0. The summed E-state index contributed by atoms with van der Waals surface area (Å²) in [6.45, 7) is 1.86. The normalized spacial score (nSPS) is 8.81. The maximum absolute atomic E-state index is 8.66. The second kappa shape index (κ2) is 5.21. The van der Waals surface area contributed by atoms with Gasteiger partial charge in [0.25, 0.3) is 0 Å². The Labute approximate surface area is 99.1 Å². The Hall–Kier alpha value is -1.97. The number of hydrogen-bond acceptors (Lipinski definition) is 3. The van der Waals surface area contributed by atoms with Crippen molar-refractivity contribution in [3.05, 3.63) is 33.9 Å². The zero-order valence-corrected chi connectivity index (χ0v) is 9.67. The van der Waals surface area contributed by atoms with Crippen molar-refractivity contribution in [1.29, 1.82) is 10.5 Å². The van der Waals surface area contributed by atoms with E-state index in [1.807, 2.05) is 6.92 Å². The summed E-state index contributed by atoms with van der Waals surface area (Å²) in [5.74, 6) is 0.588. The van der Waals surface area contributed by atoms with Crippen molar-refractivity contribution in [3.63, 3.8) is 0 Å². The summed E-state index contributed by atoms with van der Waals surface area (Å²) in [4.78, 5) is 0. The molecule has 1 aromatic carbocycles. The number of nitriles is 2. The smallest absolute Gasteiger partial charge is 0.130 e. The average molecular weight is 233 g/mol. The van der Waals surface area contributed by atoms with Gasteiger partial charge in [0.1, 0.15) is 23.5 Å². The van der Waals surface area contributed by atoms with Crippen LogP contribution in [0.3, 0.4) is 0 Å². The van der Waals surface area contributed by atoms with Crippen molar-refractivity contribution in [1.82, 2.24) is 0 Å². The Balaban J connectivity index is 3.35. The van der Waals surface area contributed by atoms with Gasteiger partial charge in [-0.15, -0.1) is 0 Å². The first kappa shape index (κ1) is 12.1. The number of halogens is 1. The predicted molar refractivity (Wildman–Crippen MR) is 61.9 cm³/mol. The van der Waals surface area contributed by atoms with E-state index in [9.17, 15) is 0 Å². The van der Waals surface area contributed by atoms with Gasteiger partial charge in [0, 0.05) is 10.6 Å². The molecule has 0 aliphatic rings.